The molecule has 2 aromatic heterocycles. The second-order valence-corrected chi connectivity index (χ2v) is 8.44. The van der Waals surface area contributed by atoms with Crippen LogP contribution in [0.2, 0.25) is 0 Å². The molecule has 2 aromatic carbocycles. The zero-order chi connectivity index (χ0) is 21.1. The van der Waals surface area contributed by atoms with E-state index in [4.69, 9.17) is 0 Å². The number of carbonyl (C=O) groups excluding carboxylic acids is 1. The second kappa shape index (κ2) is 8.81. The molecule has 0 radical (unpaired) electrons. The molecule has 152 valence electrons. The molecule has 1 amide bonds. The van der Waals surface area contributed by atoms with Gasteiger partial charge in [-0.1, -0.05) is 30.0 Å². The number of carbonyl (C=O) groups is 1. The van der Waals surface area contributed by atoms with E-state index >= 15 is 0 Å². The number of benzene rings is 2. The minimum Gasteiger partial charge on any atom is -0.295 e. The molecular weight excluding hydrogens is 419 g/mol. The number of thioether (sulfide) groups is 1. The van der Waals surface area contributed by atoms with Gasteiger partial charge in [0.25, 0.3) is 0 Å². The minimum atomic E-state index is -0.290. The summed E-state index contributed by atoms with van der Waals surface area (Å²) in [6.07, 6.45) is 3.49. The van der Waals surface area contributed by atoms with Gasteiger partial charge in [0.05, 0.1) is 17.1 Å². The fourth-order valence-corrected chi connectivity index (χ4v) is 4.87. The van der Waals surface area contributed by atoms with Crippen LogP contribution in [0, 0.1) is 12.7 Å². The van der Waals surface area contributed by atoms with Crippen LogP contribution in [0.4, 0.5) is 15.2 Å². The molecule has 0 N–H and O–H groups in total. The summed E-state index contributed by atoms with van der Waals surface area (Å²) < 4.78 is 15.4. The zero-order valence-electron chi connectivity index (χ0n) is 16.4. The quantitative estimate of drug-likeness (QED) is 0.360. The van der Waals surface area contributed by atoms with Crippen molar-refractivity contribution in [3.63, 3.8) is 0 Å². The number of amides is 1. The summed E-state index contributed by atoms with van der Waals surface area (Å²) in [5, 5.41) is 3.33. The van der Waals surface area contributed by atoms with Gasteiger partial charge in [-0.05, 0) is 42.8 Å². The average Bonchev–Trinajstić information content (AvgIpc) is 3.36. The van der Waals surface area contributed by atoms with Crippen LogP contribution < -0.4 is 4.90 Å². The molecule has 0 unspecified atom stereocenters. The third-order valence-electron chi connectivity index (χ3n) is 4.35. The molecule has 2 heterocycles. The number of thiazole rings is 1. The first-order chi connectivity index (χ1) is 14.5. The third kappa shape index (κ3) is 4.44. The summed E-state index contributed by atoms with van der Waals surface area (Å²) in [5.74, 6) is 0.208. The van der Waals surface area contributed by atoms with E-state index in [9.17, 15) is 9.18 Å². The minimum absolute atomic E-state index is 0.0872. The fraction of sp³-hybridized carbons (Fsp3) is 0.136. The van der Waals surface area contributed by atoms with Crippen molar-refractivity contribution in [2.75, 3.05) is 4.90 Å². The molecule has 0 saturated carbocycles. The van der Waals surface area contributed by atoms with Crippen molar-refractivity contribution in [1.29, 1.82) is 0 Å². The van der Waals surface area contributed by atoms with E-state index in [2.05, 4.69) is 9.97 Å². The van der Waals surface area contributed by atoms with Crippen molar-refractivity contribution >= 4 is 39.8 Å². The van der Waals surface area contributed by atoms with Crippen molar-refractivity contribution in [2.24, 2.45) is 0 Å². The first-order valence-electron chi connectivity index (χ1n) is 9.25. The molecule has 8 heteroatoms. The summed E-state index contributed by atoms with van der Waals surface area (Å²) in [6, 6.07) is 14.2. The van der Waals surface area contributed by atoms with Crippen molar-refractivity contribution in [2.45, 2.75) is 24.8 Å². The predicted octanol–water partition coefficient (Wildman–Crippen LogP) is 5.75. The highest BCUT2D eigenvalue weighted by Crippen LogP contribution is 2.31. The van der Waals surface area contributed by atoms with Gasteiger partial charge in [0.1, 0.15) is 5.82 Å². The Bertz CT molecular complexity index is 1190. The van der Waals surface area contributed by atoms with Crippen LogP contribution in [0.3, 0.4) is 0 Å². The van der Waals surface area contributed by atoms with Crippen LogP contribution in [0.1, 0.15) is 18.2 Å². The van der Waals surface area contributed by atoms with E-state index in [1.807, 2.05) is 47.2 Å². The van der Waals surface area contributed by atoms with Crippen molar-refractivity contribution in [3.05, 3.63) is 83.4 Å². The van der Waals surface area contributed by atoms with Crippen LogP contribution in [0.15, 0.2) is 71.5 Å². The largest absolute Gasteiger partial charge is 0.295 e. The lowest BCUT2D eigenvalue weighted by Crippen LogP contribution is -2.22. The van der Waals surface area contributed by atoms with Crippen LogP contribution in [-0.4, -0.2) is 20.4 Å². The first kappa shape index (κ1) is 20.3. The van der Waals surface area contributed by atoms with E-state index in [0.29, 0.717) is 10.9 Å². The van der Waals surface area contributed by atoms with Gasteiger partial charge in [-0.25, -0.2) is 14.4 Å². The molecule has 0 saturated heterocycles. The highest BCUT2D eigenvalue weighted by molar-refractivity contribution is 7.98. The maximum atomic E-state index is 13.6. The normalized spacial score (nSPS) is 10.9. The van der Waals surface area contributed by atoms with E-state index in [1.54, 1.807) is 23.4 Å². The standard InChI is InChI=1S/C22H19FN4OS2/c1-15-5-3-8-20(11-15)27(16(2)28)22-25-18(14-30-22)13-29-21-24-9-10-26(21)19-7-4-6-17(23)12-19/h3-12,14H,13H2,1-2H3. The number of rotatable bonds is 6. The molecule has 0 spiro atoms. The average molecular weight is 439 g/mol. The SMILES string of the molecule is CC(=O)N(c1cccc(C)c1)c1nc(CSc2nccn2-c2cccc(F)c2)cs1. The maximum Gasteiger partial charge on any atom is 0.230 e. The molecule has 0 bridgehead atoms. The topological polar surface area (TPSA) is 51.0 Å². The van der Waals surface area contributed by atoms with Crippen LogP contribution in [0.5, 0.6) is 0 Å². The van der Waals surface area contributed by atoms with E-state index in [0.717, 1.165) is 27.8 Å². The van der Waals surface area contributed by atoms with Gasteiger partial charge in [0.15, 0.2) is 10.3 Å². The highest BCUT2D eigenvalue weighted by atomic mass is 32.2. The molecule has 5 nitrogen and oxygen atoms in total. The molecular formula is C22H19FN4OS2. The summed E-state index contributed by atoms with van der Waals surface area (Å²) >= 11 is 2.94. The summed E-state index contributed by atoms with van der Waals surface area (Å²) in [6.45, 7) is 3.53. The number of anilines is 2. The number of halogens is 1. The maximum absolute atomic E-state index is 13.6. The summed E-state index contributed by atoms with van der Waals surface area (Å²) in [4.78, 5) is 22.9. The smallest absolute Gasteiger partial charge is 0.230 e. The van der Waals surface area contributed by atoms with Gasteiger partial charge < -0.3 is 0 Å². The monoisotopic (exact) mass is 438 g/mol. The lowest BCUT2D eigenvalue weighted by atomic mass is 10.2. The molecule has 0 aliphatic carbocycles. The summed E-state index contributed by atoms with van der Waals surface area (Å²) in [7, 11) is 0. The lowest BCUT2D eigenvalue weighted by molar-refractivity contribution is -0.115. The lowest BCUT2D eigenvalue weighted by Gasteiger charge is -2.18. The molecule has 4 aromatic rings. The Morgan fingerprint density at radius 2 is 2.07 bits per heavy atom. The Kier molecular flexibility index (Phi) is 5.96. The van der Waals surface area contributed by atoms with E-state index in [-0.39, 0.29) is 11.7 Å². The van der Waals surface area contributed by atoms with Crippen molar-refractivity contribution < 1.29 is 9.18 Å². The van der Waals surface area contributed by atoms with Gasteiger partial charge in [-0.2, -0.15) is 0 Å². The van der Waals surface area contributed by atoms with Gasteiger partial charge in [0.2, 0.25) is 5.91 Å². The van der Waals surface area contributed by atoms with Crippen molar-refractivity contribution in [1.82, 2.24) is 14.5 Å². The zero-order valence-corrected chi connectivity index (χ0v) is 18.1. The molecule has 30 heavy (non-hydrogen) atoms. The van der Waals surface area contributed by atoms with Gasteiger partial charge in [-0.3, -0.25) is 14.3 Å². The van der Waals surface area contributed by atoms with Gasteiger partial charge in [-0.15, -0.1) is 11.3 Å². The molecule has 0 atom stereocenters. The second-order valence-electron chi connectivity index (χ2n) is 6.66. The Labute approximate surface area is 182 Å². The van der Waals surface area contributed by atoms with Crippen LogP contribution in [0.25, 0.3) is 5.69 Å². The van der Waals surface area contributed by atoms with Crippen LogP contribution in [-0.2, 0) is 10.5 Å². The number of aromatic nitrogens is 3. The first-order valence-corrected chi connectivity index (χ1v) is 11.1. The number of aryl methyl sites for hydroxylation is 1. The van der Waals surface area contributed by atoms with Crippen LogP contribution >= 0.6 is 23.1 Å². The van der Waals surface area contributed by atoms with Crippen molar-refractivity contribution in [3.8, 4) is 5.69 Å². The number of hydrogen-bond donors (Lipinski definition) is 0. The third-order valence-corrected chi connectivity index (χ3v) is 6.22. The number of hydrogen-bond acceptors (Lipinski definition) is 5. The molecule has 0 aliphatic heterocycles. The Hall–Kier alpha value is -2.97. The fourth-order valence-electron chi connectivity index (χ4n) is 3.02. The van der Waals surface area contributed by atoms with Gasteiger partial charge in [0, 0.05) is 30.5 Å². The van der Waals surface area contributed by atoms with E-state index < -0.39 is 0 Å². The Morgan fingerprint density at radius 3 is 2.83 bits per heavy atom. The highest BCUT2D eigenvalue weighted by Gasteiger charge is 2.18. The molecule has 0 fully saturated rings. The van der Waals surface area contributed by atoms with Gasteiger partial charge >= 0.3 is 0 Å². The predicted molar refractivity (Wildman–Crippen MR) is 119 cm³/mol. The summed E-state index contributed by atoms with van der Waals surface area (Å²) in [5.41, 5.74) is 3.46. The number of imidazole rings is 1. The molecule has 4 rings (SSSR count). The Balaban J connectivity index is 1.52. The van der Waals surface area contributed by atoms with E-state index in [1.165, 1.54) is 42.2 Å². The molecule has 0 aliphatic rings. The number of nitrogens with zero attached hydrogens (tertiary/aromatic N) is 4. The Morgan fingerprint density at radius 1 is 1.23 bits per heavy atom.